The SMILES string of the molecule is Cc1nccc2c1[nH]c1ccc(-c3cccc(Cl)c3)cc12.OB(O)c1cccc(Cl)c1. The zero-order valence-electron chi connectivity index (χ0n) is 16.7. The van der Waals surface area contributed by atoms with Crippen LogP contribution >= 0.6 is 23.2 Å². The number of halogens is 2. The quantitative estimate of drug-likeness (QED) is 0.318. The van der Waals surface area contributed by atoms with E-state index in [4.69, 9.17) is 33.2 Å². The van der Waals surface area contributed by atoms with Crippen molar-refractivity contribution >= 4 is 57.6 Å². The maximum absolute atomic E-state index is 8.65. The third-order valence-electron chi connectivity index (χ3n) is 5.01. The van der Waals surface area contributed by atoms with Crippen molar-refractivity contribution in [2.24, 2.45) is 0 Å². The molecule has 5 aromatic rings. The van der Waals surface area contributed by atoms with Crippen molar-refractivity contribution in [1.82, 2.24) is 9.97 Å². The fourth-order valence-corrected chi connectivity index (χ4v) is 3.86. The highest BCUT2D eigenvalue weighted by Gasteiger charge is 2.10. The van der Waals surface area contributed by atoms with E-state index in [0.29, 0.717) is 10.5 Å². The summed E-state index contributed by atoms with van der Waals surface area (Å²) in [5, 5.41) is 21.0. The van der Waals surface area contributed by atoms with Gasteiger partial charge < -0.3 is 15.0 Å². The van der Waals surface area contributed by atoms with Gasteiger partial charge in [-0.05, 0) is 66.0 Å². The highest BCUT2D eigenvalue weighted by molar-refractivity contribution is 6.59. The van der Waals surface area contributed by atoms with Gasteiger partial charge >= 0.3 is 7.12 Å². The fraction of sp³-hybridized carbons (Fsp3) is 0.0417. The first-order chi connectivity index (χ1) is 14.9. The highest BCUT2D eigenvalue weighted by atomic mass is 35.5. The highest BCUT2D eigenvalue weighted by Crippen LogP contribution is 2.31. The maximum atomic E-state index is 8.65. The number of rotatable bonds is 2. The molecular weight excluding hydrogens is 430 g/mol. The molecule has 3 N–H and O–H groups in total. The molecule has 0 amide bonds. The zero-order chi connectivity index (χ0) is 22.0. The zero-order valence-corrected chi connectivity index (χ0v) is 18.2. The van der Waals surface area contributed by atoms with Gasteiger partial charge in [-0.1, -0.05) is 53.5 Å². The second-order valence-corrected chi connectivity index (χ2v) is 8.02. The molecule has 0 radical (unpaired) electrons. The molecule has 0 atom stereocenters. The average molecular weight is 449 g/mol. The molecule has 0 saturated heterocycles. The predicted molar refractivity (Wildman–Crippen MR) is 130 cm³/mol. The van der Waals surface area contributed by atoms with Gasteiger partial charge in [0.05, 0.1) is 11.2 Å². The molecule has 4 nitrogen and oxygen atoms in total. The van der Waals surface area contributed by atoms with Crippen molar-refractivity contribution < 1.29 is 10.0 Å². The van der Waals surface area contributed by atoms with Crippen LogP contribution in [-0.2, 0) is 0 Å². The molecule has 0 aliphatic carbocycles. The normalized spacial score (nSPS) is 10.7. The van der Waals surface area contributed by atoms with Crippen molar-refractivity contribution in [1.29, 1.82) is 0 Å². The number of aromatic nitrogens is 2. The minimum absolute atomic E-state index is 0.410. The van der Waals surface area contributed by atoms with Crippen LogP contribution in [0.2, 0.25) is 10.0 Å². The Bertz CT molecular complexity index is 1370. The number of hydrogen-bond donors (Lipinski definition) is 3. The van der Waals surface area contributed by atoms with Gasteiger partial charge in [0.2, 0.25) is 0 Å². The molecule has 0 fully saturated rings. The standard InChI is InChI=1S/C18H13ClN2.C6H6BClO2/c1-11-18-15(7-8-20-11)16-10-13(5-6-17(16)21-18)12-3-2-4-14(19)9-12;8-6-3-1-2-5(4-6)7(9)10/h2-10,21H,1H3;1-4,9-10H. The van der Waals surface area contributed by atoms with Gasteiger partial charge in [-0.3, -0.25) is 4.98 Å². The Labute approximate surface area is 190 Å². The summed E-state index contributed by atoms with van der Waals surface area (Å²) in [4.78, 5) is 7.79. The Hall–Kier alpha value is -2.83. The Morgan fingerprint density at radius 3 is 2.19 bits per heavy atom. The lowest BCUT2D eigenvalue weighted by atomic mass is 9.81. The first kappa shape index (κ1) is 21.4. The van der Waals surface area contributed by atoms with Gasteiger partial charge in [-0.2, -0.15) is 0 Å². The van der Waals surface area contributed by atoms with Crippen LogP contribution in [0.4, 0.5) is 0 Å². The van der Waals surface area contributed by atoms with Gasteiger partial charge in [-0.15, -0.1) is 0 Å². The van der Waals surface area contributed by atoms with Crippen molar-refractivity contribution in [3.63, 3.8) is 0 Å². The molecule has 0 spiro atoms. The first-order valence-corrected chi connectivity index (χ1v) is 10.4. The van der Waals surface area contributed by atoms with Crippen molar-refractivity contribution in [3.8, 4) is 11.1 Å². The number of nitrogens with zero attached hydrogens (tertiary/aromatic N) is 1. The van der Waals surface area contributed by atoms with Crippen molar-refractivity contribution in [2.45, 2.75) is 6.92 Å². The number of H-pyrrole nitrogens is 1. The molecule has 0 aliphatic heterocycles. The van der Waals surface area contributed by atoms with E-state index < -0.39 is 7.12 Å². The van der Waals surface area contributed by atoms with Crippen LogP contribution in [0.25, 0.3) is 32.9 Å². The molecule has 3 aromatic carbocycles. The number of aromatic amines is 1. The van der Waals surface area contributed by atoms with Crippen LogP contribution in [0.1, 0.15) is 5.69 Å². The van der Waals surface area contributed by atoms with Crippen molar-refractivity contribution in [3.05, 3.63) is 94.7 Å². The molecule has 31 heavy (non-hydrogen) atoms. The Balaban J connectivity index is 0.000000196. The largest absolute Gasteiger partial charge is 0.488 e. The van der Waals surface area contributed by atoms with Gasteiger partial charge in [0.1, 0.15) is 0 Å². The van der Waals surface area contributed by atoms with E-state index in [1.807, 2.05) is 31.3 Å². The molecule has 0 aliphatic rings. The molecular formula is C24H19BCl2N2O2. The summed E-state index contributed by atoms with van der Waals surface area (Å²) in [6, 6.07) is 22.9. The lowest BCUT2D eigenvalue weighted by molar-refractivity contribution is 0.426. The van der Waals surface area contributed by atoms with Gasteiger partial charge in [0, 0.05) is 32.5 Å². The first-order valence-electron chi connectivity index (χ1n) is 9.67. The molecule has 0 bridgehead atoms. The van der Waals surface area contributed by atoms with E-state index in [0.717, 1.165) is 27.3 Å². The Morgan fingerprint density at radius 1 is 0.806 bits per heavy atom. The van der Waals surface area contributed by atoms with Crippen LogP contribution in [-0.4, -0.2) is 27.1 Å². The topological polar surface area (TPSA) is 69.1 Å². The maximum Gasteiger partial charge on any atom is 0.488 e. The summed E-state index contributed by atoms with van der Waals surface area (Å²) in [7, 11) is -1.43. The van der Waals surface area contributed by atoms with Crippen molar-refractivity contribution in [2.75, 3.05) is 0 Å². The molecule has 154 valence electrons. The molecule has 7 heteroatoms. The van der Waals surface area contributed by atoms with E-state index in [2.05, 4.69) is 40.3 Å². The van der Waals surface area contributed by atoms with Crippen LogP contribution in [0.5, 0.6) is 0 Å². The van der Waals surface area contributed by atoms with Gasteiger partial charge in [-0.25, -0.2) is 0 Å². The van der Waals surface area contributed by atoms with E-state index in [9.17, 15) is 0 Å². The Morgan fingerprint density at radius 2 is 1.52 bits per heavy atom. The minimum atomic E-state index is -1.43. The number of hydrogen-bond acceptors (Lipinski definition) is 3. The second-order valence-electron chi connectivity index (χ2n) is 7.14. The van der Waals surface area contributed by atoms with E-state index in [1.165, 1.54) is 22.4 Å². The fourth-order valence-electron chi connectivity index (χ4n) is 3.47. The second kappa shape index (κ2) is 9.12. The molecule has 0 unspecified atom stereocenters. The van der Waals surface area contributed by atoms with Gasteiger partial charge in [0.25, 0.3) is 0 Å². The summed E-state index contributed by atoms with van der Waals surface area (Å²) < 4.78 is 0. The molecule has 0 saturated carbocycles. The number of aryl methyl sites for hydroxylation is 1. The lowest BCUT2D eigenvalue weighted by Crippen LogP contribution is -2.29. The number of fused-ring (bicyclic) bond motifs is 3. The summed E-state index contributed by atoms with van der Waals surface area (Å²) in [5.74, 6) is 0. The minimum Gasteiger partial charge on any atom is -0.423 e. The predicted octanol–water partition coefficient (Wildman–Crippen LogP) is 5.36. The Kier molecular flexibility index (Phi) is 6.30. The number of pyridine rings is 1. The molecule has 2 aromatic heterocycles. The van der Waals surface area contributed by atoms with E-state index >= 15 is 0 Å². The molecule has 2 heterocycles. The van der Waals surface area contributed by atoms with E-state index in [1.54, 1.807) is 18.2 Å². The third-order valence-corrected chi connectivity index (χ3v) is 5.48. The van der Waals surface area contributed by atoms with Crippen LogP contribution in [0.15, 0.2) is 79.0 Å². The summed E-state index contributed by atoms with van der Waals surface area (Å²) in [6.07, 6.45) is 1.86. The lowest BCUT2D eigenvalue weighted by Gasteiger charge is -2.03. The number of benzene rings is 3. The average Bonchev–Trinajstić information content (AvgIpc) is 3.14. The number of nitrogens with one attached hydrogen (secondary N) is 1. The summed E-state index contributed by atoms with van der Waals surface area (Å²) in [6.45, 7) is 2.02. The summed E-state index contributed by atoms with van der Waals surface area (Å²) in [5.41, 5.74) is 5.97. The van der Waals surface area contributed by atoms with Gasteiger partial charge in [0.15, 0.2) is 0 Å². The van der Waals surface area contributed by atoms with Crippen LogP contribution < -0.4 is 5.46 Å². The van der Waals surface area contributed by atoms with Crippen LogP contribution in [0, 0.1) is 6.92 Å². The smallest absolute Gasteiger partial charge is 0.423 e. The van der Waals surface area contributed by atoms with E-state index in [-0.39, 0.29) is 0 Å². The monoisotopic (exact) mass is 448 g/mol. The third kappa shape index (κ3) is 4.76. The summed E-state index contributed by atoms with van der Waals surface area (Å²) >= 11 is 11.7. The van der Waals surface area contributed by atoms with Crippen LogP contribution in [0.3, 0.4) is 0 Å². The molecule has 5 rings (SSSR count).